The number of hydrogen-bond donors (Lipinski definition) is 2. The molecular weight excluding hydrogens is 1340 g/mol. The molecule has 426 valence electrons. The van der Waals surface area contributed by atoms with Crippen molar-refractivity contribution in [1.29, 1.82) is 0 Å². The van der Waals surface area contributed by atoms with E-state index in [1.807, 2.05) is 27.7 Å². The predicted octanol–water partition coefficient (Wildman–Crippen LogP) is 19.1. The van der Waals surface area contributed by atoms with E-state index in [9.17, 15) is 14.7 Å². The van der Waals surface area contributed by atoms with Gasteiger partial charge in [-0.2, -0.15) is 0 Å². The van der Waals surface area contributed by atoms with Crippen molar-refractivity contribution < 1.29 is 60.0 Å². The van der Waals surface area contributed by atoms with Gasteiger partial charge in [-0.05, 0) is 133 Å². The Balaban J connectivity index is 0.000000311. The van der Waals surface area contributed by atoms with Crippen LogP contribution in [0.4, 0.5) is 0 Å². The molecule has 0 aliphatic carbocycles. The molecule has 0 aliphatic rings. The van der Waals surface area contributed by atoms with Crippen molar-refractivity contribution >= 4 is 33.4 Å². The maximum atomic E-state index is 11.2. The zero-order chi connectivity index (χ0) is 57.4. The Morgan fingerprint density at radius 3 is 1.15 bits per heavy atom. The maximum absolute atomic E-state index is 11.2. The molecule has 6 aromatic carbocycles. The van der Waals surface area contributed by atoms with Gasteiger partial charge in [-0.25, -0.2) is 0 Å². The number of benzene rings is 6. The van der Waals surface area contributed by atoms with E-state index >= 15 is 0 Å². The van der Waals surface area contributed by atoms with Gasteiger partial charge in [-0.1, -0.05) is 167 Å². The molecule has 8 rings (SSSR count). The zero-order valence-electron chi connectivity index (χ0n) is 50.1. The van der Waals surface area contributed by atoms with Crippen LogP contribution in [0.5, 0.6) is 0 Å². The summed E-state index contributed by atoms with van der Waals surface area (Å²) in [7, 11) is 0. The molecule has 2 heterocycles. The van der Waals surface area contributed by atoms with Crippen molar-refractivity contribution in [2.24, 2.45) is 23.7 Å². The van der Waals surface area contributed by atoms with E-state index in [0.29, 0.717) is 36.5 Å². The quantitative estimate of drug-likeness (QED) is 0.0639. The minimum absolute atomic E-state index is 0. The molecule has 0 bridgehead atoms. The number of rotatable bonds is 14. The van der Waals surface area contributed by atoms with Crippen LogP contribution in [0, 0.1) is 77.3 Å². The van der Waals surface area contributed by atoms with E-state index < -0.39 is 0 Å². The first kappa shape index (κ1) is 68.1. The zero-order valence-corrected chi connectivity index (χ0v) is 54.9. The van der Waals surface area contributed by atoms with Gasteiger partial charge in [0.15, 0.2) is 11.6 Å². The van der Waals surface area contributed by atoms with Gasteiger partial charge in [0, 0.05) is 76.0 Å². The standard InChI is InChI=1S/2C28H28N.C11H20O2.C5H8O2.2Ir/c2*1-18(2)12-24-17-28(25-14-20(4)13-21(5)15-25)29-27-11-10-23(16-26(24)27)22-8-6-19(3)7-9-22;1-8(2)5-10(12)7-11(13)6-9(3)4;1-4(6)3-5(2)7;;/h2*6-11,13-14,16-18H,12H2,1-5H3;7-9,12H,5-6H2,1-4H3;3,6H,1-2H3;;/q2*-1;;;;. The average Bonchev–Trinajstić information content (AvgIpc) is 3.33. The number of aliphatic hydroxyl groups excluding tert-OH is 2. The van der Waals surface area contributed by atoms with Crippen molar-refractivity contribution in [3.05, 3.63) is 202 Å². The van der Waals surface area contributed by atoms with E-state index in [1.54, 1.807) is 0 Å². The van der Waals surface area contributed by atoms with Crippen LogP contribution < -0.4 is 0 Å². The third-order valence-corrected chi connectivity index (χ3v) is 12.6. The van der Waals surface area contributed by atoms with Crippen LogP contribution in [-0.2, 0) is 62.6 Å². The van der Waals surface area contributed by atoms with Crippen LogP contribution in [0.3, 0.4) is 0 Å². The Morgan fingerprint density at radius 1 is 0.463 bits per heavy atom. The summed E-state index contributed by atoms with van der Waals surface area (Å²) >= 11 is 0. The SMILES string of the molecule is CC(=O)C=C(C)O.CC(C)CC(=O)C=C(O)CC(C)C.Cc1[c-]c(-c2cc(CC(C)C)c3cc(-c4ccc(C)cc4)ccc3n2)cc(C)c1.Cc1[c-]c(-c2cc(CC(C)C)c3cc(-c4ccc(C)cc4)ccc3n2)cc(C)c1.[Ir].[Ir]. The van der Waals surface area contributed by atoms with Gasteiger partial charge in [0.05, 0.1) is 22.6 Å². The Labute approximate surface area is 506 Å². The monoisotopic (exact) mass is 1430 g/mol. The average molecular weight is 1430 g/mol. The number of aromatic nitrogens is 2. The summed E-state index contributed by atoms with van der Waals surface area (Å²) in [5.74, 6) is 2.08. The molecule has 2 aromatic heterocycles. The molecule has 0 saturated heterocycles. The third kappa shape index (κ3) is 22.1. The van der Waals surface area contributed by atoms with Gasteiger partial charge in [-0.3, -0.25) is 19.6 Å². The van der Waals surface area contributed by atoms with Crippen LogP contribution in [0.1, 0.15) is 127 Å². The third-order valence-electron chi connectivity index (χ3n) is 12.6. The summed E-state index contributed by atoms with van der Waals surface area (Å²) in [5, 5.41) is 20.2. The summed E-state index contributed by atoms with van der Waals surface area (Å²) < 4.78 is 0. The Hall–Kier alpha value is -6.14. The second kappa shape index (κ2) is 32.3. The van der Waals surface area contributed by atoms with Gasteiger partial charge < -0.3 is 10.2 Å². The van der Waals surface area contributed by atoms with Crippen LogP contribution in [0.25, 0.3) is 66.6 Å². The molecule has 80 heavy (non-hydrogen) atoms. The summed E-state index contributed by atoms with van der Waals surface area (Å²) in [5.41, 5.74) is 21.4. The number of pyridine rings is 2. The van der Waals surface area contributed by atoms with Crippen LogP contribution in [0.15, 0.2) is 145 Å². The fraction of sp³-hybridized carbons (Fsp3) is 0.333. The van der Waals surface area contributed by atoms with Gasteiger partial charge in [0.25, 0.3) is 0 Å². The van der Waals surface area contributed by atoms with Crippen molar-refractivity contribution in [3.8, 4) is 44.8 Å². The molecule has 8 heteroatoms. The molecule has 0 unspecified atom stereocenters. The van der Waals surface area contributed by atoms with E-state index in [4.69, 9.17) is 15.1 Å². The normalized spacial score (nSPS) is 11.3. The second-order valence-electron chi connectivity index (χ2n) is 22.9. The van der Waals surface area contributed by atoms with E-state index in [0.717, 1.165) is 57.5 Å². The Morgan fingerprint density at radius 2 is 0.838 bits per heavy atom. The van der Waals surface area contributed by atoms with E-state index in [2.05, 4.69) is 203 Å². The predicted molar refractivity (Wildman–Crippen MR) is 330 cm³/mol. The molecule has 0 spiro atoms. The van der Waals surface area contributed by atoms with Crippen LogP contribution in [-0.4, -0.2) is 31.7 Å². The first-order chi connectivity index (χ1) is 36.8. The maximum Gasteiger partial charge on any atom is 0.159 e. The fourth-order valence-corrected chi connectivity index (χ4v) is 9.42. The number of carbonyl (C=O) groups is 2. The topological polar surface area (TPSA) is 100 Å². The number of nitrogens with zero attached hydrogens (tertiary/aromatic N) is 2. The van der Waals surface area contributed by atoms with Crippen molar-refractivity contribution in [2.45, 2.75) is 136 Å². The molecule has 2 N–H and O–H groups in total. The molecule has 0 atom stereocenters. The van der Waals surface area contributed by atoms with Crippen LogP contribution >= 0.6 is 0 Å². The van der Waals surface area contributed by atoms with E-state index in [-0.39, 0.29) is 63.3 Å². The van der Waals surface area contributed by atoms with Gasteiger partial charge in [0.1, 0.15) is 0 Å². The molecule has 0 aliphatic heterocycles. The molecule has 0 fully saturated rings. The number of ketones is 2. The summed E-state index contributed by atoms with van der Waals surface area (Å²) in [6, 6.07) is 51.0. The largest absolute Gasteiger partial charge is 0.512 e. The molecule has 2 radical (unpaired) electrons. The minimum atomic E-state index is -0.125. The Bertz CT molecular complexity index is 3150. The van der Waals surface area contributed by atoms with Crippen molar-refractivity contribution in [1.82, 2.24) is 9.97 Å². The summed E-state index contributed by atoms with van der Waals surface area (Å²) in [6.07, 6.45) is 5.70. The second-order valence-corrected chi connectivity index (χ2v) is 22.9. The first-order valence-corrected chi connectivity index (χ1v) is 27.7. The first-order valence-electron chi connectivity index (χ1n) is 27.7. The smallest absolute Gasteiger partial charge is 0.159 e. The van der Waals surface area contributed by atoms with Gasteiger partial charge >= 0.3 is 0 Å². The number of allylic oxidation sites excluding steroid dienone is 4. The molecule has 8 aromatic rings. The number of aryl methyl sites for hydroxylation is 6. The number of hydrogen-bond acceptors (Lipinski definition) is 6. The molecule has 6 nitrogen and oxygen atoms in total. The molecule has 0 amide bonds. The van der Waals surface area contributed by atoms with Gasteiger partial charge in [-0.15, -0.1) is 69.8 Å². The number of fused-ring (bicyclic) bond motifs is 2. The van der Waals surface area contributed by atoms with Crippen molar-refractivity contribution in [3.63, 3.8) is 0 Å². The van der Waals surface area contributed by atoms with Gasteiger partial charge in [0.2, 0.25) is 0 Å². The minimum Gasteiger partial charge on any atom is -0.512 e. The van der Waals surface area contributed by atoms with E-state index in [1.165, 1.54) is 92.4 Å². The summed E-state index contributed by atoms with van der Waals surface area (Å²) in [6.45, 7) is 32.7. The number of aliphatic hydroxyl groups is 2. The van der Waals surface area contributed by atoms with Crippen molar-refractivity contribution in [2.75, 3.05) is 0 Å². The number of carbonyl (C=O) groups excluding carboxylic acids is 2. The summed E-state index contributed by atoms with van der Waals surface area (Å²) in [4.78, 5) is 31.3. The fourth-order valence-electron chi connectivity index (χ4n) is 9.42. The van der Waals surface area contributed by atoms with Crippen LogP contribution in [0.2, 0.25) is 0 Å². The molecule has 0 saturated carbocycles. The molecular formula is C72H84Ir2N2O4-2. The Kier molecular flexibility index (Phi) is 27.5.